The van der Waals surface area contributed by atoms with Crippen LogP contribution in [0.3, 0.4) is 0 Å². The number of benzene rings is 1. The number of H-pyrrole nitrogens is 1. The largest absolute Gasteiger partial charge is 0.319 e. The van der Waals surface area contributed by atoms with Gasteiger partial charge in [-0.1, -0.05) is 31.0 Å². The molecule has 100 valence electrons. The number of nitrogens with zero attached hydrogens (tertiary/aromatic N) is 1. The Morgan fingerprint density at radius 1 is 1.42 bits per heavy atom. The third-order valence-corrected chi connectivity index (χ3v) is 3.07. The smallest absolute Gasteiger partial charge is 0.276 e. The Morgan fingerprint density at radius 3 is 2.89 bits per heavy atom. The molecule has 2 aromatic rings. The minimum Gasteiger partial charge on any atom is -0.319 e. The zero-order valence-electron chi connectivity index (χ0n) is 11.0. The molecule has 2 N–H and O–H groups in total. The SMILES string of the molecule is CCCc1cc(C(=O)Nc2ccc(C)cc2Cl)n[nH]1. The van der Waals surface area contributed by atoms with Gasteiger partial charge in [0.1, 0.15) is 0 Å². The molecule has 5 heteroatoms. The van der Waals surface area contributed by atoms with E-state index in [0.717, 1.165) is 24.1 Å². The van der Waals surface area contributed by atoms with Crippen LogP contribution in [0.15, 0.2) is 24.3 Å². The van der Waals surface area contributed by atoms with Crippen molar-refractivity contribution < 1.29 is 4.79 Å². The van der Waals surface area contributed by atoms with E-state index < -0.39 is 0 Å². The number of carbonyl (C=O) groups is 1. The molecule has 0 atom stereocenters. The molecular weight excluding hydrogens is 262 g/mol. The molecule has 0 aliphatic rings. The summed E-state index contributed by atoms with van der Waals surface area (Å²) in [6, 6.07) is 7.26. The summed E-state index contributed by atoms with van der Waals surface area (Å²) in [5.74, 6) is -0.260. The first-order chi connectivity index (χ1) is 9.10. The van der Waals surface area contributed by atoms with Gasteiger partial charge in [0.25, 0.3) is 5.91 Å². The second-order valence-electron chi connectivity index (χ2n) is 4.47. The van der Waals surface area contributed by atoms with Crippen LogP contribution in [0.1, 0.15) is 35.1 Å². The normalized spacial score (nSPS) is 10.5. The quantitative estimate of drug-likeness (QED) is 0.897. The summed E-state index contributed by atoms with van der Waals surface area (Å²) in [5.41, 5.74) is 2.98. The fourth-order valence-corrected chi connectivity index (χ4v) is 2.07. The summed E-state index contributed by atoms with van der Waals surface area (Å²) in [6.45, 7) is 4.02. The topological polar surface area (TPSA) is 57.8 Å². The van der Waals surface area contributed by atoms with Gasteiger partial charge in [-0.2, -0.15) is 5.10 Å². The molecule has 1 aromatic carbocycles. The fourth-order valence-electron chi connectivity index (χ4n) is 1.78. The monoisotopic (exact) mass is 277 g/mol. The van der Waals surface area contributed by atoms with Gasteiger partial charge in [-0.05, 0) is 37.1 Å². The van der Waals surface area contributed by atoms with Gasteiger partial charge >= 0.3 is 0 Å². The number of hydrogen-bond donors (Lipinski definition) is 2. The molecule has 0 bridgehead atoms. The van der Waals surface area contributed by atoms with E-state index in [1.54, 1.807) is 12.1 Å². The van der Waals surface area contributed by atoms with Crippen molar-refractivity contribution in [1.29, 1.82) is 0 Å². The van der Waals surface area contributed by atoms with Crippen molar-refractivity contribution >= 4 is 23.2 Å². The molecule has 0 saturated heterocycles. The van der Waals surface area contributed by atoms with Crippen molar-refractivity contribution in [2.75, 3.05) is 5.32 Å². The molecule has 4 nitrogen and oxygen atoms in total. The van der Waals surface area contributed by atoms with Gasteiger partial charge in [0, 0.05) is 5.69 Å². The van der Waals surface area contributed by atoms with Crippen LogP contribution in [-0.2, 0) is 6.42 Å². The molecule has 1 heterocycles. The Balaban J connectivity index is 2.11. The Labute approximate surface area is 117 Å². The first-order valence-corrected chi connectivity index (χ1v) is 6.59. The van der Waals surface area contributed by atoms with Gasteiger partial charge < -0.3 is 5.32 Å². The van der Waals surface area contributed by atoms with Crippen LogP contribution < -0.4 is 5.32 Å². The summed E-state index contributed by atoms with van der Waals surface area (Å²) >= 11 is 6.07. The molecular formula is C14H16ClN3O. The first-order valence-electron chi connectivity index (χ1n) is 6.22. The van der Waals surface area contributed by atoms with Gasteiger partial charge in [-0.25, -0.2) is 0 Å². The predicted octanol–water partition coefficient (Wildman–Crippen LogP) is 3.58. The zero-order chi connectivity index (χ0) is 13.8. The van der Waals surface area contributed by atoms with Gasteiger partial charge in [0.2, 0.25) is 0 Å². The van der Waals surface area contributed by atoms with Crippen molar-refractivity contribution in [3.63, 3.8) is 0 Å². The van der Waals surface area contributed by atoms with Crippen LogP contribution in [0.4, 0.5) is 5.69 Å². The third-order valence-electron chi connectivity index (χ3n) is 2.76. The lowest BCUT2D eigenvalue weighted by molar-refractivity contribution is 0.102. The summed E-state index contributed by atoms with van der Waals surface area (Å²) in [7, 11) is 0. The summed E-state index contributed by atoms with van der Waals surface area (Å²) in [6.07, 6.45) is 1.89. The number of nitrogens with one attached hydrogen (secondary N) is 2. The predicted molar refractivity (Wildman–Crippen MR) is 76.7 cm³/mol. The Hall–Kier alpha value is -1.81. The first kappa shape index (κ1) is 13.6. The Morgan fingerprint density at radius 2 is 2.21 bits per heavy atom. The maximum absolute atomic E-state index is 12.0. The third kappa shape index (κ3) is 3.35. The number of anilines is 1. The minimum atomic E-state index is -0.260. The average molecular weight is 278 g/mol. The number of carbonyl (C=O) groups excluding carboxylic acids is 1. The van der Waals surface area contributed by atoms with Gasteiger partial charge in [-0.3, -0.25) is 9.89 Å². The lowest BCUT2D eigenvalue weighted by Crippen LogP contribution is -2.12. The van der Waals surface area contributed by atoms with Gasteiger partial charge in [0.05, 0.1) is 10.7 Å². The van der Waals surface area contributed by atoms with Crippen molar-refractivity contribution in [2.24, 2.45) is 0 Å². The lowest BCUT2D eigenvalue weighted by Gasteiger charge is -2.06. The van der Waals surface area contributed by atoms with Crippen molar-refractivity contribution in [3.05, 3.63) is 46.2 Å². The van der Waals surface area contributed by atoms with E-state index in [4.69, 9.17) is 11.6 Å². The van der Waals surface area contributed by atoms with E-state index in [1.165, 1.54) is 0 Å². The second-order valence-corrected chi connectivity index (χ2v) is 4.87. The van der Waals surface area contributed by atoms with E-state index in [9.17, 15) is 4.79 Å². The summed E-state index contributed by atoms with van der Waals surface area (Å²) in [5, 5.41) is 10.1. The van der Waals surface area contributed by atoms with E-state index in [-0.39, 0.29) is 5.91 Å². The number of aryl methyl sites for hydroxylation is 2. The lowest BCUT2D eigenvalue weighted by atomic mass is 10.2. The highest BCUT2D eigenvalue weighted by Gasteiger charge is 2.12. The molecule has 19 heavy (non-hydrogen) atoms. The van der Waals surface area contributed by atoms with Crippen molar-refractivity contribution in [2.45, 2.75) is 26.7 Å². The number of hydrogen-bond acceptors (Lipinski definition) is 2. The molecule has 0 unspecified atom stereocenters. The van der Waals surface area contributed by atoms with Crippen molar-refractivity contribution in [3.8, 4) is 0 Å². The maximum Gasteiger partial charge on any atom is 0.276 e. The average Bonchev–Trinajstić information content (AvgIpc) is 2.82. The van der Waals surface area contributed by atoms with Crippen LogP contribution >= 0.6 is 11.6 Å². The van der Waals surface area contributed by atoms with Gasteiger partial charge in [0.15, 0.2) is 5.69 Å². The van der Waals surface area contributed by atoms with Crippen LogP contribution in [0, 0.1) is 6.92 Å². The Bertz CT molecular complexity index is 592. The van der Waals surface area contributed by atoms with E-state index in [1.807, 2.05) is 19.1 Å². The van der Waals surface area contributed by atoms with Gasteiger partial charge in [-0.15, -0.1) is 0 Å². The zero-order valence-corrected chi connectivity index (χ0v) is 11.7. The van der Waals surface area contributed by atoms with E-state index in [0.29, 0.717) is 16.4 Å². The maximum atomic E-state index is 12.0. The summed E-state index contributed by atoms with van der Waals surface area (Å²) in [4.78, 5) is 12.0. The standard InChI is InChI=1S/C14H16ClN3O/c1-3-4-10-8-13(18-17-10)14(19)16-12-6-5-9(2)7-11(12)15/h5-8H,3-4H2,1-2H3,(H,16,19)(H,17,18). The highest BCUT2D eigenvalue weighted by Crippen LogP contribution is 2.23. The Kier molecular flexibility index (Phi) is 4.22. The van der Waals surface area contributed by atoms with E-state index >= 15 is 0 Å². The van der Waals surface area contributed by atoms with Crippen LogP contribution in [-0.4, -0.2) is 16.1 Å². The van der Waals surface area contributed by atoms with Crippen molar-refractivity contribution in [1.82, 2.24) is 10.2 Å². The summed E-state index contributed by atoms with van der Waals surface area (Å²) < 4.78 is 0. The van der Waals surface area contributed by atoms with E-state index in [2.05, 4.69) is 22.4 Å². The molecule has 0 aliphatic heterocycles. The fraction of sp³-hybridized carbons (Fsp3) is 0.286. The molecule has 1 aromatic heterocycles. The molecule has 2 rings (SSSR count). The molecule has 0 radical (unpaired) electrons. The number of aromatic nitrogens is 2. The number of halogens is 1. The highest BCUT2D eigenvalue weighted by molar-refractivity contribution is 6.34. The number of aromatic amines is 1. The second kappa shape index (κ2) is 5.89. The molecule has 1 amide bonds. The van der Waals surface area contributed by atoms with Crippen LogP contribution in [0.5, 0.6) is 0 Å². The van der Waals surface area contributed by atoms with Crippen LogP contribution in [0.2, 0.25) is 5.02 Å². The number of amides is 1. The number of rotatable bonds is 4. The molecule has 0 aliphatic carbocycles. The molecule has 0 spiro atoms. The minimum absolute atomic E-state index is 0.260. The molecule has 0 fully saturated rings. The van der Waals surface area contributed by atoms with Crippen LogP contribution in [0.25, 0.3) is 0 Å². The highest BCUT2D eigenvalue weighted by atomic mass is 35.5. The molecule has 0 saturated carbocycles.